The molecule has 1 atom stereocenters. The zero-order valence-electron chi connectivity index (χ0n) is 11.2. The molecule has 0 aliphatic rings. The van der Waals surface area contributed by atoms with Crippen LogP contribution in [0.25, 0.3) is 0 Å². The Morgan fingerprint density at radius 2 is 2.11 bits per heavy atom. The van der Waals surface area contributed by atoms with Crippen LogP contribution >= 0.6 is 0 Å². The largest absolute Gasteiger partial charge is 0.329 e. The Kier molecular flexibility index (Phi) is 4.30. The third-order valence-corrected chi connectivity index (χ3v) is 2.79. The summed E-state index contributed by atoms with van der Waals surface area (Å²) in [5.74, 6) is 0. The molecule has 0 spiro atoms. The lowest BCUT2D eigenvalue weighted by molar-refractivity contribution is 0.234. The van der Waals surface area contributed by atoms with Crippen LogP contribution in [-0.4, -0.2) is 41.1 Å². The summed E-state index contributed by atoms with van der Waals surface area (Å²) in [4.78, 5) is 18.0. The van der Waals surface area contributed by atoms with Gasteiger partial charge in [0.1, 0.15) is 6.33 Å². The third-order valence-electron chi connectivity index (χ3n) is 2.79. The van der Waals surface area contributed by atoms with Crippen LogP contribution in [0.15, 0.2) is 49.1 Å². The maximum Gasteiger partial charge on any atom is 0.327 e. The van der Waals surface area contributed by atoms with Gasteiger partial charge in [0.2, 0.25) is 0 Å². The second kappa shape index (κ2) is 6.15. The minimum atomic E-state index is -0.173. The van der Waals surface area contributed by atoms with Crippen molar-refractivity contribution in [1.29, 1.82) is 0 Å². The van der Waals surface area contributed by atoms with E-state index in [0.29, 0.717) is 0 Å². The van der Waals surface area contributed by atoms with Gasteiger partial charge in [0.05, 0.1) is 6.04 Å². The lowest BCUT2D eigenvalue weighted by Gasteiger charge is -2.22. The summed E-state index contributed by atoms with van der Waals surface area (Å²) in [5, 5.41) is 3.01. The van der Waals surface area contributed by atoms with Crippen LogP contribution in [0.4, 0.5) is 4.79 Å². The molecule has 1 aromatic heterocycles. The van der Waals surface area contributed by atoms with E-state index >= 15 is 0 Å². The van der Waals surface area contributed by atoms with Crippen molar-refractivity contribution in [3.63, 3.8) is 0 Å². The molecule has 2 rings (SSSR count). The molecule has 1 heterocycles. The van der Waals surface area contributed by atoms with E-state index in [1.54, 1.807) is 12.4 Å². The fourth-order valence-corrected chi connectivity index (χ4v) is 1.89. The Hall–Kier alpha value is -2.14. The molecule has 100 valence electrons. The van der Waals surface area contributed by atoms with Gasteiger partial charge in [0.15, 0.2) is 0 Å². The molecule has 0 fully saturated rings. The summed E-state index contributed by atoms with van der Waals surface area (Å²) >= 11 is 0. The highest BCUT2D eigenvalue weighted by atomic mass is 16.2. The van der Waals surface area contributed by atoms with Gasteiger partial charge in [-0.1, -0.05) is 30.3 Å². The Balaban J connectivity index is 2.13. The molecule has 0 aliphatic heterocycles. The lowest BCUT2D eigenvalue weighted by atomic mass is 10.1. The van der Waals surface area contributed by atoms with Gasteiger partial charge in [-0.25, -0.2) is 9.78 Å². The number of likely N-dealkylation sites (N-methyl/N-ethyl adjacent to an activating group) is 1. The Morgan fingerprint density at radius 1 is 1.37 bits per heavy atom. The van der Waals surface area contributed by atoms with Gasteiger partial charge < -0.3 is 10.2 Å². The second-order valence-corrected chi connectivity index (χ2v) is 4.64. The van der Waals surface area contributed by atoms with Gasteiger partial charge in [-0.2, -0.15) is 0 Å². The number of nitrogens with zero attached hydrogens (tertiary/aromatic N) is 3. The van der Waals surface area contributed by atoms with Gasteiger partial charge in [0.25, 0.3) is 0 Å². The highest BCUT2D eigenvalue weighted by molar-refractivity contribution is 5.76. The lowest BCUT2D eigenvalue weighted by Crippen LogP contribution is -2.37. The van der Waals surface area contributed by atoms with Crippen LogP contribution in [0.1, 0.15) is 11.6 Å². The molecule has 5 heteroatoms. The molecule has 1 unspecified atom stereocenters. The van der Waals surface area contributed by atoms with Crippen molar-refractivity contribution in [2.45, 2.75) is 6.04 Å². The summed E-state index contributed by atoms with van der Waals surface area (Å²) in [6.07, 6.45) is 4.71. The SMILES string of the molecule is CN(C)CC(NC(=O)n1ccnc1)c1ccccc1. The minimum absolute atomic E-state index is 0.0499. The van der Waals surface area contributed by atoms with Crippen molar-refractivity contribution in [2.75, 3.05) is 20.6 Å². The molecule has 1 amide bonds. The highest BCUT2D eigenvalue weighted by Gasteiger charge is 2.15. The maximum atomic E-state index is 12.1. The van der Waals surface area contributed by atoms with E-state index in [9.17, 15) is 4.79 Å². The van der Waals surface area contributed by atoms with E-state index < -0.39 is 0 Å². The van der Waals surface area contributed by atoms with Crippen molar-refractivity contribution < 1.29 is 4.79 Å². The van der Waals surface area contributed by atoms with E-state index in [2.05, 4.69) is 10.3 Å². The molecule has 5 nitrogen and oxygen atoms in total. The average molecular weight is 258 g/mol. The summed E-state index contributed by atoms with van der Waals surface area (Å²) < 4.78 is 1.44. The second-order valence-electron chi connectivity index (χ2n) is 4.64. The standard InChI is InChI=1S/C14H18N4O/c1-17(2)10-13(12-6-4-3-5-7-12)16-14(19)18-9-8-15-11-18/h3-9,11,13H,10H2,1-2H3,(H,16,19). The molecule has 1 N–H and O–H groups in total. The first-order chi connectivity index (χ1) is 9.16. The summed E-state index contributed by atoms with van der Waals surface area (Å²) in [6, 6.07) is 9.72. The number of hydrogen-bond acceptors (Lipinski definition) is 3. The Labute approximate surface area is 112 Å². The fraction of sp³-hybridized carbons (Fsp3) is 0.286. The fourth-order valence-electron chi connectivity index (χ4n) is 1.89. The number of rotatable bonds is 4. The van der Waals surface area contributed by atoms with E-state index in [4.69, 9.17) is 0 Å². The zero-order valence-corrected chi connectivity index (χ0v) is 11.2. The van der Waals surface area contributed by atoms with Crippen molar-refractivity contribution in [2.24, 2.45) is 0 Å². The summed E-state index contributed by atoms with van der Waals surface area (Å²) in [7, 11) is 3.97. The number of imidazole rings is 1. The predicted molar refractivity (Wildman–Crippen MR) is 73.9 cm³/mol. The summed E-state index contributed by atoms with van der Waals surface area (Å²) in [6.45, 7) is 0.741. The molecule has 0 saturated heterocycles. The van der Waals surface area contributed by atoms with E-state index in [-0.39, 0.29) is 12.1 Å². The molecule has 0 bridgehead atoms. The third kappa shape index (κ3) is 3.66. The van der Waals surface area contributed by atoms with E-state index in [1.165, 1.54) is 10.9 Å². The molecule has 0 aliphatic carbocycles. The molecule has 19 heavy (non-hydrogen) atoms. The molecule has 1 aromatic carbocycles. The Bertz CT molecular complexity index is 508. The number of hydrogen-bond donors (Lipinski definition) is 1. The quantitative estimate of drug-likeness (QED) is 0.909. The maximum absolute atomic E-state index is 12.1. The molecule has 0 radical (unpaired) electrons. The number of benzene rings is 1. The van der Waals surface area contributed by atoms with Crippen LogP contribution in [-0.2, 0) is 0 Å². The van der Waals surface area contributed by atoms with E-state index in [1.807, 2.05) is 49.3 Å². The smallest absolute Gasteiger partial charge is 0.327 e. The number of carbonyl (C=O) groups is 1. The van der Waals surface area contributed by atoms with Crippen molar-refractivity contribution >= 4 is 6.03 Å². The van der Waals surface area contributed by atoms with Gasteiger partial charge in [-0.15, -0.1) is 0 Å². The topological polar surface area (TPSA) is 50.2 Å². The molecule has 0 saturated carbocycles. The number of carbonyl (C=O) groups excluding carboxylic acids is 1. The van der Waals surface area contributed by atoms with Crippen LogP contribution in [0.2, 0.25) is 0 Å². The first-order valence-electron chi connectivity index (χ1n) is 6.15. The minimum Gasteiger partial charge on any atom is -0.329 e. The van der Waals surface area contributed by atoms with Crippen LogP contribution < -0.4 is 5.32 Å². The monoisotopic (exact) mass is 258 g/mol. The van der Waals surface area contributed by atoms with Crippen molar-refractivity contribution in [3.05, 3.63) is 54.6 Å². The Morgan fingerprint density at radius 3 is 2.68 bits per heavy atom. The van der Waals surface area contributed by atoms with Crippen LogP contribution in [0, 0.1) is 0 Å². The first kappa shape index (κ1) is 13.3. The molecule has 2 aromatic rings. The van der Waals surface area contributed by atoms with Gasteiger partial charge in [-0.05, 0) is 19.7 Å². The first-order valence-corrected chi connectivity index (χ1v) is 6.15. The highest BCUT2D eigenvalue weighted by Crippen LogP contribution is 2.13. The van der Waals surface area contributed by atoms with E-state index in [0.717, 1.165) is 12.1 Å². The predicted octanol–water partition coefficient (Wildman–Crippen LogP) is 1.74. The normalized spacial score (nSPS) is 12.4. The molecular formula is C14H18N4O. The van der Waals surface area contributed by atoms with Crippen molar-refractivity contribution in [1.82, 2.24) is 19.8 Å². The van der Waals surface area contributed by atoms with Gasteiger partial charge in [-0.3, -0.25) is 4.57 Å². The molecular weight excluding hydrogens is 240 g/mol. The average Bonchev–Trinajstić information content (AvgIpc) is 2.92. The number of aromatic nitrogens is 2. The van der Waals surface area contributed by atoms with Gasteiger partial charge in [0, 0.05) is 18.9 Å². The number of nitrogens with one attached hydrogen (secondary N) is 1. The summed E-state index contributed by atoms with van der Waals surface area (Å²) in [5.41, 5.74) is 1.09. The zero-order chi connectivity index (χ0) is 13.7. The van der Waals surface area contributed by atoms with Crippen LogP contribution in [0.5, 0.6) is 0 Å². The number of amides is 1. The van der Waals surface area contributed by atoms with Crippen LogP contribution in [0.3, 0.4) is 0 Å². The van der Waals surface area contributed by atoms with Gasteiger partial charge >= 0.3 is 6.03 Å². The van der Waals surface area contributed by atoms with Crippen molar-refractivity contribution in [3.8, 4) is 0 Å².